The Morgan fingerprint density at radius 3 is 2.86 bits per heavy atom. The molecule has 2 atom stereocenters. The third-order valence-electron chi connectivity index (χ3n) is 3.98. The lowest BCUT2D eigenvalue weighted by Crippen LogP contribution is -2.51. The van der Waals surface area contributed by atoms with Crippen LogP contribution in [-0.4, -0.2) is 44.7 Å². The van der Waals surface area contributed by atoms with Gasteiger partial charge in [0.05, 0.1) is 6.61 Å². The topological polar surface area (TPSA) is 69.0 Å². The number of ether oxygens (including phenoxy) is 1. The summed E-state index contributed by atoms with van der Waals surface area (Å²) in [6.45, 7) is 6.99. The van der Waals surface area contributed by atoms with Crippen molar-refractivity contribution in [3.63, 3.8) is 0 Å². The van der Waals surface area contributed by atoms with Crippen molar-refractivity contribution in [3.8, 4) is 0 Å². The summed E-state index contributed by atoms with van der Waals surface area (Å²) in [5, 5.41) is 12.9. The molecule has 2 rings (SSSR count). The van der Waals surface area contributed by atoms with Crippen LogP contribution in [0.4, 0.5) is 0 Å². The number of hydrogen-bond acceptors (Lipinski definition) is 6. The van der Waals surface area contributed by atoms with Gasteiger partial charge in [0.25, 0.3) is 0 Å². The third kappa shape index (κ3) is 3.40. The lowest BCUT2D eigenvalue weighted by molar-refractivity contribution is -0.151. The monoisotopic (exact) mass is 312 g/mol. The summed E-state index contributed by atoms with van der Waals surface area (Å²) in [6.07, 6.45) is 2.56. The molecule has 1 N–H and O–H groups in total. The highest BCUT2D eigenvalue weighted by molar-refractivity contribution is 7.99. The Bertz CT molecular complexity index is 505. The van der Waals surface area contributed by atoms with E-state index in [-0.39, 0.29) is 5.97 Å². The third-order valence-corrected chi connectivity index (χ3v) is 5.28. The normalized spacial score (nSPS) is 25.2. The average molecular weight is 312 g/mol. The van der Waals surface area contributed by atoms with Crippen LogP contribution in [0.15, 0.2) is 5.16 Å². The van der Waals surface area contributed by atoms with E-state index in [0.717, 1.165) is 36.8 Å². The van der Waals surface area contributed by atoms with Crippen LogP contribution in [0.25, 0.3) is 0 Å². The molecule has 0 saturated heterocycles. The van der Waals surface area contributed by atoms with Gasteiger partial charge in [0.2, 0.25) is 0 Å². The first-order valence-corrected chi connectivity index (χ1v) is 8.35. The number of carbonyl (C=O) groups excluding carboxylic acids is 1. The van der Waals surface area contributed by atoms with Crippen LogP contribution in [0.1, 0.15) is 38.9 Å². The molecule has 1 aromatic heterocycles. The highest BCUT2D eigenvalue weighted by Gasteiger charge is 2.46. The maximum atomic E-state index is 12.3. The predicted octanol–water partition coefficient (Wildman–Crippen LogP) is 1.68. The second-order valence-corrected chi connectivity index (χ2v) is 6.67. The van der Waals surface area contributed by atoms with E-state index in [4.69, 9.17) is 4.74 Å². The molecule has 0 spiro atoms. The Kier molecular flexibility index (Phi) is 5.27. The summed E-state index contributed by atoms with van der Waals surface area (Å²) < 4.78 is 7.25. The first-order chi connectivity index (χ1) is 10.0. The van der Waals surface area contributed by atoms with E-state index in [9.17, 15) is 4.79 Å². The molecule has 7 heteroatoms. The van der Waals surface area contributed by atoms with Crippen molar-refractivity contribution in [2.24, 2.45) is 7.05 Å². The summed E-state index contributed by atoms with van der Waals surface area (Å²) in [5.41, 5.74) is -0.532. The number of thioether (sulfide) groups is 1. The quantitative estimate of drug-likeness (QED) is 0.806. The van der Waals surface area contributed by atoms with Gasteiger partial charge >= 0.3 is 5.97 Å². The van der Waals surface area contributed by atoms with Crippen LogP contribution >= 0.6 is 11.8 Å². The van der Waals surface area contributed by atoms with Crippen molar-refractivity contribution >= 4 is 17.7 Å². The van der Waals surface area contributed by atoms with Gasteiger partial charge in [0.1, 0.15) is 11.4 Å². The van der Waals surface area contributed by atoms with Crippen molar-refractivity contribution in [1.29, 1.82) is 0 Å². The van der Waals surface area contributed by atoms with Gasteiger partial charge < -0.3 is 14.6 Å². The lowest BCUT2D eigenvalue weighted by atomic mass is 9.98. The van der Waals surface area contributed by atoms with Crippen molar-refractivity contribution in [3.05, 3.63) is 5.82 Å². The maximum absolute atomic E-state index is 12.3. The van der Waals surface area contributed by atoms with Crippen LogP contribution in [-0.2, 0) is 16.6 Å². The Morgan fingerprint density at radius 2 is 2.29 bits per heavy atom. The first-order valence-electron chi connectivity index (χ1n) is 7.47. The SMILES string of the molecule is CCNC1(C(=O)OCC)CCC(Sc2nnc(C)n2C)C1. The summed E-state index contributed by atoms with van der Waals surface area (Å²) in [4.78, 5) is 12.3. The summed E-state index contributed by atoms with van der Waals surface area (Å²) >= 11 is 1.70. The predicted molar refractivity (Wildman–Crippen MR) is 82.3 cm³/mol. The molecule has 21 heavy (non-hydrogen) atoms. The fourth-order valence-corrected chi connectivity index (χ4v) is 4.05. The van der Waals surface area contributed by atoms with Crippen LogP contribution in [0.2, 0.25) is 0 Å². The minimum absolute atomic E-state index is 0.121. The number of aryl methyl sites for hydroxylation is 1. The van der Waals surface area contributed by atoms with Crippen LogP contribution in [0, 0.1) is 6.92 Å². The lowest BCUT2D eigenvalue weighted by Gasteiger charge is -2.27. The molecule has 0 aliphatic heterocycles. The standard InChI is InChI=1S/C14H24N4O2S/c1-5-15-14(12(19)20-6-2)8-7-11(9-14)21-13-17-16-10(3)18(13)4/h11,15H,5-9H2,1-4H3. The summed E-state index contributed by atoms with van der Waals surface area (Å²) in [7, 11) is 1.97. The molecule has 1 aromatic rings. The number of nitrogens with one attached hydrogen (secondary N) is 1. The van der Waals surface area contributed by atoms with Crippen LogP contribution in [0.3, 0.4) is 0 Å². The molecule has 6 nitrogen and oxygen atoms in total. The van der Waals surface area contributed by atoms with Gasteiger partial charge in [-0.05, 0) is 39.7 Å². The number of carbonyl (C=O) groups is 1. The molecule has 1 heterocycles. The van der Waals surface area contributed by atoms with Gasteiger partial charge in [-0.1, -0.05) is 18.7 Å². The molecule has 1 fully saturated rings. The van der Waals surface area contributed by atoms with Crippen molar-refractivity contribution in [1.82, 2.24) is 20.1 Å². The van der Waals surface area contributed by atoms with Gasteiger partial charge in [-0.3, -0.25) is 4.79 Å². The van der Waals surface area contributed by atoms with E-state index in [1.54, 1.807) is 11.8 Å². The molecule has 2 unspecified atom stereocenters. The molecule has 1 aliphatic carbocycles. The average Bonchev–Trinajstić information content (AvgIpc) is 3.00. The largest absolute Gasteiger partial charge is 0.465 e. The summed E-state index contributed by atoms with van der Waals surface area (Å²) in [5.74, 6) is 0.780. The Morgan fingerprint density at radius 1 is 1.52 bits per heavy atom. The van der Waals surface area contributed by atoms with Gasteiger partial charge in [-0.15, -0.1) is 10.2 Å². The van der Waals surface area contributed by atoms with E-state index in [0.29, 0.717) is 11.9 Å². The van der Waals surface area contributed by atoms with Crippen LogP contribution in [0.5, 0.6) is 0 Å². The molecule has 0 amide bonds. The fourth-order valence-electron chi connectivity index (χ4n) is 2.77. The zero-order valence-electron chi connectivity index (χ0n) is 13.2. The minimum atomic E-state index is -0.532. The molecule has 1 aliphatic rings. The Labute approximate surface area is 130 Å². The number of hydrogen-bond donors (Lipinski definition) is 1. The van der Waals surface area contributed by atoms with E-state index in [1.165, 1.54) is 0 Å². The molecular weight excluding hydrogens is 288 g/mol. The Balaban J connectivity index is 2.06. The number of likely N-dealkylation sites (N-methyl/N-ethyl adjacent to an activating group) is 1. The van der Waals surface area contributed by atoms with Crippen molar-refractivity contribution in [2.45, 2.75) is 56.0 Å². The van der Waals surface area contributed by atoms with Crippen molar-refractivity contribution < 1.29 is 9.53 Å². The number of aromatic nitrogens is 3. The highest BCUT2D eigenvalue weighted by Crippen LogP contribution is 2.40. The Hall–Kier alpha value is -1.08. The smallest absolute Gasteiger partial charge is 0.326 e. The van der Waals surface area contributed by atoms with Crippen molar-refractivity contribution in [2.75, 3.05) is 13.2 Å². The maximum Gasteiger partial charge on any atom is 0.326 e. The van der Waals surface area contributed by atoms with Gasteiger partial charge in [-0.25, -0.2) is 0 Å². The zero-order valence-corrected chi connectivity index (χ0v) is 14.0. The molecule has 118 valence electrons. The zero-order chi connectivity index (χ0) is 15.5. The highest BCUT2D eigenvalue weighted by atomic mass is 32.2. The van der Waals surface area contributed by atoms with E-state index in [2.05, 4.69) is 15.5 Å². The molecular formula is C14H24N4O2S. The van der Waals surface area contributed by atoms with Gasteiger partial charge in [0.15, 0.2) is 5.16 Å². The molecule has 0 bridgehead atoms. The van der Waals surface area contributed by atoms with E-state index >= 15 is 0 Å². The van der Waals surface area contributed by atoms with Crippen LogP contribution < -0.4 is 5.32 Å². The molecule has 0 radical (unpaired) electrons. The minimum Gasteiger partial charge on any atom is -0.465 e. The number of nitrogens with zero attached hydrogens (tertiary/aromatic N) is 3. The van der Waals surface area contributed by atoms with Gasteiger partial charge in [0, 0.05) is 12.3 Å². The molecule has 1 saturated carbocycles. The second-order valence-electron chi connectivity index (χ2n) is 5.40. The van der Waals surface area contributed by atoms with Gasteiger partial charge in [-0.2, -0.15) is 0 Å². The summed E-state index contributed by atoms with van der Waals surface area (Å²) in [6, 6.07) is 0. The second kappa shape index (κ2) is 6.79. The van der Waals surface area contributed by atoms with E-state index in [1.807, 2.05) is 32.4 Å². The number of rotatable bonds is 6. The number of esters is 1. The fraction of sp³-hybridized carbons (Fsp3) is 0.786. The molecule has 0 aromatic carbocycles. The van der Waals surface area contributed by atoms with E-state index < -0.39 is 5.54 Å². The first kappa shape index (κ1) is 16.3.